The maximum Gasteiger partial charge on any atom is 0.128 e. The second kappa shape index (κ2) is 4.78. The van der Waals surface area contributed by atoms with Crippen LogP contribution in [0.3, 0.4) is 0 Å². The molecule has 0 amide bonds. The van der Waals surface area contributed by atoms with Crippen LogP contribution in [-0.4, -0.2) is 5.16 Å². The fourth-order valence-electron chi connectivity index (χ4n) is 2.46. The van der Waals surface area contributed by atoms with Crippen molar-refractivity contribution < 1.29 is 8.91 Å². The highest BCUT2D eigenvalue weighted by molar-refractivity contribution is 5.31. The molecule has 1 N–H and O–H groups in total. The van der Waals surface area contributed by atoms with Crippen LogP contribution in [0.25, 0.3) is 0 Å². The van der Waals surface area contributed by atoms with Gasteiger partial charge in [-0.05, 0) is 37.0 Å². The fourth-order valence-corrected chi connectivity index (χ4v) is 2.46. The largest absolute Gasteiger partial charge is 0.364 e. The highest BCUT2D eigenvalue weighted by atomic mass is 19.1. The number of halogens is 1. The molecule has 0 saturated heterocycles. The molecule has 3 nitrogen and oxygen atoms in total. The Morgan fingerprint density at radius 3 is 2.95 bits per heavy atom. The van der Waals surface area contributed by atoms with Crippen LogP contribution in [0, 0.1) is 5.82 Å². The molecule has 3 rings (SSSR count). The Morgan fingerprint density at radius 1 is 1.42 bits per heavy atom. The van der Waals surface area contributed by atoms with Crippen molar-refractivity contribution in [2.75, 3.05) is 0 Å². The van der Waals surface area contributed by atoms with Gasteiger partial charge in [0.25, 0.3) is 0 Å². The van der Waals surface area contributed by atoms with Gasteiger partial charge in [0.15, 0.2) is 0 Å². The summed E-state index contributed by atoms with van der Waals surface area (Å²) in [7, 11) is 0. The number of hydrogen-bond donors (Lipinski definition) is 1. The topological polar surface area (TPSA) is 38.1 Å². The van der Waals surface area contributed by atoms with Gasteiger partial charge in [0, 0.05) is 17.6 Å². The highest BCUT2D eigenvalue weighted by Gasteiger charge is 2.44. The van der Waals surface area contributed by atoms with E-state index in [1.165, 1.54) is 6.07 Å². The van der Waals surface area contributed by atoms with Gasteiger partial charge in [-0.15, -0.1) is 0 Å². The van der Waals surface area contributed by atoms with Gasteiger partial charge in [-0.2, -0.15) is 0 Å². The van der Waals surface area contributed by atoms with Gasteiger partial charge in [0.05, 0.1) is 5.69 Å². The number of benzene rings is 1. The summed E-state index contributed by atoms with van der Waals surface area (Å²) < 4.78 is 18.3. The molecule has 0 spiro atoms. The number of nitrogens with zero attached hydrogens (tertiary/aromatic N) is 1. The van der Waals surface area contributed by atoms with Crippen LogP contribution >= 0.6 is 0 Å². The number of nitrogens with one attached hydrogen (secondary N) is 1. The second-order valence-corrected chi connectivity index (χ2v) is 5.09. The lowest BCUT2D eigenvalue weighted by Gasteiger charge is -2.17. The van der Waals surface area contributed by atoms with Crippen molar-refractivity contribution in [2.45, 2.75) is 38.3 Å². The molecule has 1 heterocycles. The van der Waals surface area contributed by atoms with E-state index < -0.39 is 0 Å². The number of rotatable bonds is 5. The molecule has 1 aromatic carbocycles. The Balaban J connectivity index is 1.73. The standard InChI is InChI=1S/C15H17FN2O/c1-2-14-11(10-19-18-14)9-17-15(6-7-15)12-4-3-5-13(16)8-12/h3-5,8,10,17H,2,6-7,9H2,1H3. The molecule has 0 atom stereocenters. The van der Waals surface area contributed by atoms with E-state index in [0.29, 0.717) is 6.54 Å². The van der Waals surface area contributed by atoms with Gasteiger partial charge in [0.2, 0.25) is 0 Å². The van der Waals surface area contributed by atoms with Crippen molar-refractivity contribution in [3.05, 3.63) is 53.2 Å². The average molecular weight is 260 g/mol. The third-order valence-electron chi connectivity index (χ3n) is 3.81. The maximum atomic E-state index is 13.3. The van der Waals surface area contributed by atoms with Gasteiger partial charge in [-0.25, -0.2) is 4.39 Å². The minimum atomic E-state index is -0.176. The minimum Gasteiger partial charge on any atom is -0.364 e. The molecule has 100 valence electrons. The highest BCUT2D eigenvalue weighted by Crippen LogP contribution is 2.45. The van der Waals surface area contributed by atoms with E-state index in [0.717, 1.165) is 36.1 Å². The van der Waals surface area contributed by atoms with E-state index in [2.05, 4.69) is 17.4 Å². The van der Waals surface area contributed by atoms with Crippen molar-refractivity contribution in [3.8, 4) is 0 Å². The van der Waals surface area contributed by atoms with Gasteiger partial charge >= 0.3 is 0 Å². The molecule has 1 aliphatic carbocycles. The molecule has 1 aromatic heterocycles. The first kappa shape index (κ1) is 12.4. The predicted molar refractivity (Wildman–Crippen MR) is 70.0 cm³/mol. The van der Waals surface area contributed by atoms with E-state index in [1.807, 2.05) is 6.07 Å². The van der Waals surface area contributed by atoms with E-state index in [9.17, 15) is 4.39 Å². The smallest absolute Gasteiger partial charge is 0.128 e. The minimum absolute atomic E-state index is 0.0651. The Morgan fingerprint density at radius 2 is 2.26 bits per heavy atom. The van der Waals surface area contributed by atoms with Crippen molar-refractivity contribution in [3.63, 3.8) is 0 Å². The van der Waals surface area contributed by atoms with E-state index in [-0.39, 0.29) is 11.4 Å². The van der Waals surface area contributed by atoms with Crippen LogP contribution in [0.1, 0.15) is 36.6 Å². The van der Waals surface area contributed by atoms with Crippen molar-refractivity contribution in [1.29, 1.82) is 0 Å². The van der Waals surface area contributed by atoms with Gasteiger partial charge < -0.3 is 9.84 Å². The first-order chi connectivity index (χ1) is 9.23. The molecule has 1 aliphatic rings. The first-order valence-electron chi connectivity index (χ1n) is 6.67. The Bertz CT molecular complexity index is 575. The molecule has 0 radical (unpaired) electrons. The maximum absolute atomic E-state index is 13.3. The normalized spacial score (nSPS) is 16.5. The molecule has 0 bridgehead atoms. The average Bonchev–Trinajstić information content (AvgIpc) is 3.08. The number of hydrogen-bond acceptors (Lipinski definition) is 3. The van der Waals surface area contributed by atoms with Crippen LogP contribution in [0.2, 0.25) is 0 Å². The third-order valence-corrected chi connectivity index (χ3v) is 3.81. The molecule has 1 saturated carbocycles. The van der Waals surface area contributed by atoms with Crippen molar-refractivity contribution in [2.24, 2.45) is 0 Å². The van der Waals surface area contributed by atoms with Crippen LogP contribution in [0.5, 0.6) is 0 Å². The van der Waals surface area contributed by atoms with E-state index in [4.69, 9.17) is 4.52 Å². The quantitative estimate of drug-likeness (QED) is 0.897. The predicted octanol–water partition coefficient (Wildman–Crippen LogP) is 3.16. The van der Waals surface area contributed by atoms with Crippen molar-refractivity contribution in [1.82, 2.24) is 10.5 Å². The number of aryl methyl sites for hydroxylation is 1. The first-order valence-corrected chi connectivity index (χ1v) is 6.67. The third kappa shape index (κ3) is 2.40. The van der Waals surface area contributed by atoms with Crippen molar-refractivity contribution >= 4 is 0 Å². The lowest BCUT2D eigenvalue weighted by Crippen LogP contribution is -2.28. The summed E-state index contributed by atoms with van der Waals surface area (Å²) in [5, 5.41) is 7.49. The Labute approximate surface area is 111 Å². The summed E-state index contributed by atoms with van der Waals surface area (Å²) in [6.07, 6.45) is 4.64. The van der Waals surface area contributed by atoms with Crippen LogP contribution in [-0.2, 0) is 18.5 Å². The van der Waals surface area contributed by atoms with E-state index in [1.54, 1.807) is 18.4 Å². The molecule has 1 fully saturated rings. The zero-order chi connectivity index (χ0) is 13.3. The molecular formula is C15H17FN2O. The van der Waals surface area contributed by atoms with Gasteiger partial charge in [-0.1, -0.05) is 24.2 Å². The van der Waals surface area contributed by atoms with Gasteiger partial charge in [-0.3, -0.25) is 0 Å². The zero-order valence-corrected chi connectivity index (χ0v) is 10.9. The molecule has 0 aliphatic heterocycles. The monoisotopic (exact) mass is 260 g/mol. The molecule has 2 aromatic rings. The summed E-state index contributed by atoms with van der Waals surface area (Å²) >= 11 is 0. The summed E-state index contributed by atoms with van der Waals surface area (Å²) in [5.74, 6) is -0.176. The van der Waals surface area contributed by atoms with Crippen LogP contribution in [0.15, 0.2) is 35.1 Å². The number of aromatic nitrogens is 1. The Hall–Kier alpha value is -1.68. The summed E-state index contributed by atoms with van der Waals surface area (Å²) in [6, 6.07) is 6.85. The van der Waals surface area contributed by atoms with Crippen LogP contribution < -0.4 is 5.32 Å². The lowest BCUT2D eigenvalue weighted by molar-refractivity contribution is 0.411. The second-order valence-electron chi connectivity index (χ2n) is 5.09. The molecule has 0 unspecified atom stereocenters. The van der Waals surface area contributed by atoms with Crippen LogP contribution in [0.4, 0.5) is 4.39 Å². The SMILES string of the molecule is CCc1nocc1CNC1(c2cccc(F)c2)CC1. The molecule has 4 heteroatoms. The molecule has 19 heavy (non-hydrogen) atoms. The lowest BCUT2D eigenvalue weighted by atomic mass is 10.0. The summed E-state index contributed by atoms with van der Waals surface area (Å²) in [4.78, 5) is 0. The summed E-state index contributed by atoms with van der Waals surface area (Å²) in [5.41, 5.74) is 3.04. The zero-order valence-electron chi connectivity index (χ0n) is 10.9. The summed E-state index contributed by atoms with van der Waals surface area (Å²) in [6.45, 7) is 2.77. The molecular weight excluding hydrogens is 243 g/mol. The van der Waals surface area contributed by atoms with E-state index >= 15 is 0 Å². The Kier molecular flexibility index (Phi) is 3.11. The fraction of sp³-hybridized carbons (Fsp3) is 0.400. The van der Waals surface area contributed by atoms with Gasteiger partial charge in [0.1, 0.15) is 12.1 Å².